The molecule has 0 amide bonds. The number of anilines is 1. The Balaban J connectivity index is 1.53. The second kappa shape index (κ2) is 5.66. The van der Waals surface area contributed by atoms with E-state index >= 15 is 0 Å². The predicted octanol–water partition coefficient (Wildman–Crippen LogP) is 2.39. The molecular weight excluding hydrogens is 292 g/mol. The van der Waals surface area contributed by atoms with Crippen LogP contribution in [0.15, 0.2) is 30.6 Å². The molecule has 120 valence electrons. The number of aryl methyl sites for hydroxylation is 1. The lowest BCUT2D eigenvalue weighted by Crippen LogP contribution is -2.31. The summed E-state index contributed by atoms with van der Waals surface area (Å²) < 4.78 is 9.09. The molecule has 1 N–H and O–H groups in total. The smallest absolute Gasteiger partial charge is 0.105 e. The van der Waals surface area contributed by atoms with E-state index in [1.165, 1.54) is 0 Å². The molecule has 1 saturated heterocycles. The van der Waals surface area contributed by atoms with Gasteiger partial charge in [-0.1, -0.05) is 5.21 Å². The second-order valence-electron chi connectivity index (χ2n) is 5.91. The Morgan fingerprint density at radius 2 is 2.26 bits per heavy atom. The zero-order valence-electron chi connectivity index (χ0n) is 13.3. The van der Waals surface area contributed by atoms with Gasteiger partial charge >= 0.3 is 0 Å². The molecule has 1 fully saturated rings. The molecule has 1 atom stereocenters. The van der Waals surface area contributed by atoms with Crippen LogP contribution in [0.5, 0.6) is 0 Å². The molecule has 1 aliphatic rings. The van der Waals surface area contributed by atoms with E-state index in [1.54, 1.807) is 0 Å². The van der Waals surface area contributed by atoms with Crippen LogP contribution in [0, 0.1) is 0 Å². The minimum absolute atomic E-state index is 0.0835. The Bertz CT molecular complexity index is 819. The van der Waals surface area contributed by atoms with E-state index in [9.17, 15) is 0 Å². The molecule has 0 saturated carbocycles. The SMILES string of the molecule is CCn1ncc2ccc(NC(C)c3cn(C4COC4)nn3)cc21. The zero-order chi connectivity index (χ0) is 15.8. The Labute approximate surface area is 134 Å². The summed E-state index contributed by atoms with van der Waals surface area (Å²) in [6.07, 6.45) is 3.90. The van der Waals surface area contributed by atoms with E-state index in [-0.39, 0.29) is 6.04 Å². The van der Waals surface area contributed by atoms with Crippen molar-refractivity contribution in [2.24, 2.45) is 0 Å². The van der Waals surface area contributed by atoms with E-state index in [0.29, 0.717) is 6.04 Å². The third-order valence-corrected chi connectivity index (χ3v) is 4.29. The average molecular weight is 312 g/mol. The lowest BCUT2D eigenvalue weighted by molar-refractivity contribution is -0.0293. The summed E-state index contributed by atoms with van der Waals surface area (Å²) in [5, 5.41) is 17.5. The topological polar surface area (TPSA) is 69.8 Å². The van der Waals surface area contributed by atoms with E-state index in [4.69, 9.17) is 4.74 Å². The Morgan fingerprint density at radius 1 is 1.39 bits per heavy atom. The summed E-state index contributed by atoms with van der Waals surface area (Å²) in [7, 11) is 0. The van der Waals surface area contributed by atoms with Crippen molar-refractivity contribution < 1.29 is 4.74 Å². The maximum absolute atomic E-state index is 5.20. The van der Waals surface area contributed by atoms with Crippen LogP contribution in [0.2, 0.25) is 0 Å². The van der Waals surface area contributed by atoms with Crippen molar-refractivity contribution in [1.82, 2.24) is 24.8 Å². The molecule has 3 aromatic rings. The molecule has 4 rings (SSSR count). The van der Waals surface area contributed by atoms with Crippen LogP contribution in [0.3, 0.4) is 0 Å². The monoisotopic (exact) mass is 312 g/mol. The molecule has 7 nitrogen and oxygen atoms in total. The Hall–Kier alpha value is -2.41. The molecule has 23 heavy (non-hydrogen) atoms. The van der Waals surface area contributed by atoms with Crippen LogP contribution in [-0.4, -0.2) is 38.0 Å². The number of nitrogens with zero attached hydrogens (tertiary/aromatic N) is 5. The van der Waals surface area contributed by atoms with Gasteiger partial charge in [-0.25, -0.2) is 4.68 Å². The first kappa shape index (κ1) is 14.2. The van der Waals surface area contributed by atoms with Gasteiger partial charge in [-0.2, -0.15) is 5.10 Å². The van der Waals surface area contributed by atoms with Gasteiger partial charge in [0, 0.05) is 17.6 Å². The number of fused-ring (bicyclic) bond motifs is 1. The van der Waals surface area contributed by atoms with Crippen molar-refractivity contribution in [3.05, 3.63) is 36.3 Å². The minimum atomic E-state index is 0.0835. The first-order valence-electron chi connectivity index (χ1n) is 7.96. The number of hydrogen-bond acceptors (Lipinski definition) is 5. The van der Waals surface area contributed by atoms with Crippen molar-refractivity contribution in [1.29, 1.82) is 0 Å². The van der Waals surface area contributed by atoms with Crippen molar-refractivity contribution in [3.63, 3.8) is 0 Å². The van der Waals surface area contributed by atoms with Gasteiger partial charge in [0.1, 0.15) is 11.7 Å². The van der Waals surface area contributed by atoms with Crippen molar-refractivity contribution >= 4 is 16.6 Å². The normalized spacial score (nSPS) is 16.4. The largest absolute Gasteiger partial charge is 0.377 e. The number of nitrogens with one attached hydrogen (secondary N) is 1. The molecule has 7 heteroatoms. The molecule has 0 aliphatic carbocycles. The van der Waals surface area contributed by atoms with Crippen LogP contribution in [-0.2, 0) is 11.3 Å². The summed E-state index contributed by atoms with van der Waals surface area (Å²) in [5.74, 6) is 0. The molecule has 3 heterocycles. The standard InChI is InChI=1S/C16H20N6O/c1-3-21-16-6-13(5-4-12(16)7-17-21)18-11(2)15-8-22(20-19-15)14-9-23-10-14/h4-8,11,14,18H,3,9-10H2,1-2H3. The summed E-state index contributed by atoms with van der Waals surface area (Å²) >= 11 is 0. The van der Waals surface area contributed by atoms with Crippen molar-refractivity contribution in [2.75, 3.05) is 18.5 Å². The summed E-state index contributed by atoms with van der Waals surface area (Å²) in [6.45, 7) is 6.50. The maximum atomic E-state index is 5.20. The van der Waals surface area contributed by atoms with Crippen LogP contribution in [0.4, 0.5) is 5.69 Å². The quantitative estimate of drug-likeness (QED) is 0.783. The van der Waals surface area contributed by atoms with Crippen molar-refractivity contribution in [3.8, 4) is 0 Å². The van der Waals surface area contributed by atoms with E-state index < -0.39 is 0 Å². The highest BCUT2D eigenvalue weighted by molar-refractivity contribution is 5.82. The van der Waals surface area contributed by atoms with Crippen LogP contribution >= 0.6 is 0 Å². The lowest BCUT2D eigenvalue weighted by Gasteiger charge is -2.25. The molecular formula is C16H20N6O. The summed E-state index contributed by atoms with van der Waals surface area (Å²) in [5.41, 5.74) is 3.13. The molecule has 0 radical (unpaired) electrons. The Morgan fingerprint density at radius 3 is 3.00 bits per heavy atom. The van der Waals surface area contributed by atoms with Crippen molar-refractivity contribution in [2.45, 2.75) is 32.5 Å². The molecule has 0 spiro atoms. The fraction of sp³-hybridized carbons (Fsp3) is 0.438. The molecule has 1 aromatic carbocycles. The number of aromatic nitrogens is 5. The first-order valence-corrected chi connectivity index (χ1v) is 7.96. The highest BCUT2D eigenvalue weighted by Crippen LogP contribution is 2.23. The number of benzene rings is 1. The second-order valence-corrected chi connectivity index (χ2v) is 5.91. The van der Waals surface area contributed by atoms with Gasteiger partial charge in [0.25, 0.3) is 0 Å². The van der Waals surface area contributed by atoms with E-state index in [0.717, 1.165) is 42.0 Å². The highest BCUT2D eigenvalue weighted by atomic mass is 16.5. The number of hydrogen-bond donors (Lipinski definition) is 1. The highest BCUT2D eigenvalue weighted by Gasteiger charge is 2.22. The van der Waals surface area contributed by atoms with Gasteiger partial charge in [-0.05, 0) is 32.0 Å². The number of rotatable bonds is 5. The van der Waals surface area contributed by atoms with Crippen LogP contribution in [0.25, 0.3) is 10.9 Å². The number of ether oxygens (including phenoxy) is 1. The van der Waals surface area contributed by atoms with Gasteiger partial charge in [0.2, 0.25) is 0 Å². The average Bonchev–Trinajstić information content (AvgIpc) is 3.12. The molecule has 2 aromatic heterocycles. The van der Waals surface area contributed by atoms with Gasteiger partial charge in [0.15, 0.2) is 0 Å². The third kappa shape index (κ3) is 2.57. The fourth-order valence-electron chi connectivity index (χ4n) is 2.78. The fourth-order valence-corrected chi connectivity index (χ4v) is 2.78. The van der Waals surface area contributed by atoms with Gasteiger partial charge in [-0.3, -0.25) is 4.68 Å². The van der Waals surface area contributed by atoms with Crippen LogP contribution in [0.1, 0.15) is 31.6 Å². The summed E-state index contributed by atoms with van der Waals surface area (Å²) in [6, 6.07) is 6.71. The zero-order valence-corrected chi connectivity index (χ0v) is 13.3. The van der Waals surface area contributed by atoms with Gasteiger partial charge < -0.3 is 10.1 Å². The minimum Gasteiger partial charge on any atom is -0.377 e. The lowest BCUT2D eigenvalue weighted by atomic mass is 10.2. The van der Waals surface area contributed by atoms with E-state index in [1.807, 2.05) is 21.8 Å². The van der Waals surface area contributed by atoms with Gasteiger partial charge in [-0.15, -0.1) is 5.10 Å². The third-order valence-electron chi connectivity index (χ3n) is 4.29. The van der Waals surface area contributed by atoms with Gasteiger partial charge in [0.05, 0.1) is 37.2 Å². The van der Waals surface area contributed by atoms with Crippen LogP contribution < -0.4 is 5.32 Å². The first-order chi connectivity index (χ1) is 11.2. The molecule has 0 bridgehead atoms. The van der Waals surface area contributed by atoms with E-state index in [2.05, 4.69) is 52.8 Å². The molecule has 1 aliphatic heterocycles. The maximum Gasteiger partial charge on any atom is 0.105 e. The predicted molar refractivity (Wildman–Crippen MR) is 87.3 cm³/mol. The summed E-state index contributed by atoms with van der Waals surface area (Å²) in [4.78, 5) is 0. The Kier molecular flexibility index (Phi) is 3.49. The molecule has 1 unspecified atom stereocenters.